The van der Waals surface area contributed by atoms with Crippen molar-refractivity contribution in [2.24, 2.45) is 0 Å². The zero-order valence-corrected chi connectivity index (χ0v) is 18.5. The van der Waals surface area contributed by atoms with E-state index in [2.05, 4.69) is 10.6 Å². The highest BCUT2D eigenvalue weighted by Gasteiger charge is 2.51. The molecule has 2 aromatic rings. The molecule has 1 aliphatic rings. The van der Waals surface area contributed by atoms with Crippen molar-refractivity contribution in [1.29, 1.82) is 0 Å². The van der Waals surface area contributed by atoms with E-state index >= 15 is 0 Å². The van der Waals surface area contributed by atoms with Gasteiger partial charge in [0, 0.05) is 25.3 Å². The summed E-state index contributed by atoms with van der Waals surface area (Å²) in [6.45, 7) is 1.36. The monoisotopic (exact) mass is 438 g/mol. The van der Waals surface area contributed by atoms with Gasteiger partial charge in [-0.15, -0.1) is 0 Å². The Morgan fingerprint density at radius 1 is 1.06 bits per heavy atom. The van der Waals surface area contributed by atoms with Crippen LogP contribution in [0.15, 0.2) is 48.5 Å². The molecule has 1 atom stereocenters. The predicted molar refractivity (Wildman–Crippen MR) is 118 cm³/mol. The largest absolute Gasteiger partial charge is 0.497 e. The van der Waals surface area contributed by atoms with Gasteiger partial charge in [0.05, 0.1) is 7.11 Å². The van der Waals surface area contributed by atoms with E-state index in [1.54, 1.807) is 76.7 Å². The molecular weight excluding hydrogens is 412 g/mol. The molecule has 3 rings (SSSR count). The van der Waals surface area contributed by atoms with Crippen LogP contribution in [0, 0.1) is 0 Å². The number of hydrogen-bond donors (Lipinski definition) is 2. The molecular formula is C23H26N4O5. The van der Waals surface area contributed by atoms with Gasteiger partial charge < -0.3 is 20.3 Å². The maximum atomic E-state index is 13.2. The molecule has 1 saturated heterocycles. The third kappa shape index (κ3) is 4.27. The Morgan fingerprint density at radius 3 is 2.22 bits per heavy atom. The maximum absolute atomic E-state index is 13.2. The van der Waals surface area contributed by atoms with E-state index in [4.69, 9.17) is 4.74 Å². The number of hydrogen-bond acceptors (Lipinski definition) is 5. The first-order valence-electron chi connectivity index (χ1n) is 10.1. The molecule has 0 aliphatic carbocycles. The summed E-state index contributed by atoms with van der Waals surface area (Å²) in [5.41, 5.74) is 0.310. The lowest BCUT2D eigenvalue weighted by molar-refractivity contribution is -0.134. The zero-order valence-electron chi connectivity index (χ0n) is 18.5. The number of urea groups is 1. The fourth-order valence-electron chi connectivity index (χ4n) is 3.58. The van der Waals surface area contributed by atoms with E-state index in [-0.39, 0.29) is 5.91 Å². The highest BCUT2D eigenvalue weighted by atomic mass is 16.5. The molecule has 5 amide bonds. The van der Waals surface area contributed by atoms with Crippen molar-refractivity contribution < 1.29 is 23.9 Å². The van der Waals surface area contributed by atoms with Crippen LogP contribution in [0.5, 0.6) is 5.75 Å². The van der Waals surface area contributed by atoms with Crippen molar-refractivity contribution in [3.63, 3.8) is 0 Å². The Morgan fingerprint density at radius 2 is 1.69 bits per heavy atom. The fraction of sp³-hybridized carbons (Fsp3) is 0.304. The molecule has 2 N–H and O–H groups in total. The lowest BCUT2D eigenvalue weighted by Gasteiger charge is -2.26. The summed E-state index contributed by atoms with van der Waals surface area (Å²) in [5, 5.41) is 5.40. The van der Waals surface area contributed by atoms with Gasteiger partial charge in [-0.2, -0.15) is 0 Å². The van der Waals surface area contributed by atoms with Crippen molar-refractivity contribution >= 4 is 29.4 Å². The van der Waals surface area contributed by atoms with Gasteiger partial charge >= 0.3 is 6.03 Å². The molecule has 9 heteroatoms. The molecule has 0 aromatic heterocycles. The summed E-state index contributed by atoms with van der Waals surface area (Å²) in [6, 6.07) is 12.6. The van der Waals surface area contributed by atoms with Gasteiger partial charge in [0.2, 0.25) is 5.91 Å². The minimum absolute atomic E-state index is 0.156. The van der Waals surface area contributed by atoms with Crippen LogP contribution in [0.25, 0.3) is 0 Å². The third-order valence-electron chi connectivity index (χ3n) is 5.41. The average molecular weight is 438 g/mol. The quantitative estimate of drug-likeness (QED) is 0.645. The average Bonchev–Trinajstić information content (AvgIpc) is 3.04. The van der Waals surface area contributed by atoms with Gasteiger partial charge in [-0.1, -0.05) is 19.1 Å². The van der Waals surface area contributed by atoms with Crippen LogP contribution in [0.2, 0.25) is 0 Å². The van der Waals surface area contributed by atoms with Crippen molar-refractivity contribution in [2.75, 3.05) is 33.1 Å². The number of carbonyl (C=O) groups is 4. The molecule has 1 aliphatic heterocycles. The molecule has 0 bridgehead atoms. The van der Waals surface area contributed by atoms with E-state index < -0.39 is 29.9 Å². The normalized spacial score (nSPS) is 17.7. The number of anilines is 1. The van der Waals surface area contributed by atoms with Crippen molar-refractivity contribution in [3.05, 3.63) is 59.7 Å². The van der Waals surface area contributed by atoms with Crippen LogP contribution < -0.4 is 15.4 Å². The SMILES string of the molecule is CCC1(c2ccc(OC)cc2)NC(=O)N(CC(=O)Nc2ccc(C(=O)N(C)C)cc2)C1=O. The number of benzene rings is 2. The second-order valence-corrected chi connectivity index (χ2v) is 7.63. The van der Waals surface area contributed by atoms with Gasteiger partial charge in [-0.3, -0.25) is 19.3 Å². The summed E-state index contributed by atoms with van der Waals surface area (Å²) < 4.78 is 5.15. The van der Waals surface area contributed by atoms with Gasteiger partial charge in [0.1, 0.15) is 17.8 Å². The molecule has 2 aromatic carbocycles. The molecule has 9 nitrogen and oxygen atoms in total. The number of imide groups is 1. The molecule has 1 unspecified atom stereocenters. The number of nitrogens with one attached hydrogen (secondary N) is 2. The standard InChI is InChI=1S/C23H26N4O5/c1-5-23(16-8-12-18(32-4)13-9-16)21(30)27(22(31)25-23)14-19(28)24-17-10-6-15(7-11-17)20(29)26(2)3/h6-13H,5,14H2,1-4H3,(H,24,28)(H,25,31). The van der Waals surface area contributed by atoms with Crippen LogP contribution in [-0.4, -0.2) is 61.3 Å². The Labute approximate surface area is 186 Å². The summed E-state index contributed by atoms with van der Waals surface area (Å²) in [4.78, 5) is 52.6. The summed E-state index contributed by atoms with van der Waals surface area (Å²) in [5.74, 6) is -0.540. The van der Waals surface area contributed by atoms with E-state index in [1.165, 1.54) is 4.90 Å². The number of ether oxygens (including phenoxy) is 1. The number of methoxy groups -OCH3 is 1. The van der Waals surface area contributed by atoms with Gasteiger partial charge in [0.25, 0.3) is 11.8 Å². The summed E-state index contributed by atoms with van der Waals surface area (Å²) in [7, 11) is 4.85. The molecule has 0 saturated carbocycles. The molecule has 0 spiro atoms. The predicted octanol–water partition coefficient (Wildman–Crippen LogP) is 2.19. The maximum Gasteiger partial charge on any atom is 0.325 e. The first kappa shape index (κ1) is 22.8. The molecule has 1 fully saturated rings. The van der Waals surface area contributed by atoms with Gasteiger partial charge in [0.15, 0.2) is 0 Å². The first-order valence-corrected chi connectivity index (χ1v) is 10.1. The molecule has 1 heterocycles. The Bertz CT molecular complexity index is 1030. The minimum atomic E-state index is -1.24. The summed E-state index contributed by atoms with van der Waals surface area (Å²) in [6.07, 6.45) is 0.323. The fourth-order valence-corrected chi connectivity index (χ4v) is 3.58. The Hall–Kier alpha value is -3.88. The first-order chi connectivity index (χ1) is 15.2. The molecule has 32 heavy (non-hydrogen) atoms. The van der Waals surface area contributed by atoms with Gasteiger partial charge in [-0.05, 0) is 48.4 Å². The number of amides is 5. The molecule has 168 valence electrons. The number of nitrogens with zero attached hydrogens (tertiary/aromatic N) is 2. The van der Waals surface area contributed by atoms with E-state index in [9.17, 15) is 19.2 Å². The zero-order chi connectivity index (χ0) is 23.5. The van der Waals surface area contributed by atoms with Crippen LogP contribution >= 0.6 is 0 Å². The minimum Gasteiger partial charge on any atom is -0.497 e. The van der Waals surface area contributed by atoms with E-state index in [0.717, 1.165) is 4.90 Å². The number of carbonyl (C=O) groups excluding carboxylic acids is 4. The third-order valence-corrected chi connectivity index (χ3v) is 5.41. The number of rotatable bonds is 7. The van der Waals surface area contributed by atoms with Crippen LogP contribution in [-0.2, 0) is 15.1 Å². The van der Waals surface area contributed by atoms with Crippen LogP contribution in [0.1, 0.15) is 29.3 Å². The van der Waals surface area contributed by atoms with E-state index in [1.807, 2.05) is 0 Å². The van der Waals surface area contributed by atoms with Crippen LogP contribution in [0.3, 0.4) is 0 Å². The highest BCUT2D eigenvalue weighted by molar-refractivity contribution is 6.10. The lowest BCUT2D eigenvalue weighted by atomic mass is 9.87. The highest BCUT2D eigenvalue weighted by Crippen LogP contribution is 2.33. The van der Waals surface area contributed by atoms with Crippen molar-refractivity contribution in [2.45, 2.75) is 18.9 Å². The molecule has 0 radical (unpaired) electrons. The van der Waals surface area contributed by atoms with Crippen molar-refractivity contribution in [3.8, 4) is 5.75 Å². The topological polar surface area (TPSA) is 108 Å². The Balaban J connectivity index is 1.71. The Kier molecular flexibility index (Phi) is 6.47. The smallest absolute Gasteiger partial charge is 0.325 e. The van der Waals surface area contributed by atoms with Gasteiger partial charge in [-0.25, -0.2) is 4.79 Å². The second kappa shape index (κ2) is 9.09. The van der Waals surface area contributed by atoms with E-state index in [0.29, 0.717) is 29.0 Å². The van der Waals surface area contributed by atoms with Crippen LogP contribution in [0.4, 0.5) is 10.5 Å². The lowest BCUT2D eigenvalue weighted by Crippen LogP contribution is -2.44. The summed E-state index contributed by atoms with van der Waals surface area (Å²) >= 11 is 0. The second-order valence-electron chi connectivity index (χ2n) is 7.63. The van der Waals surface area contributed by atoms with Crippen molar-refractivity contribution in [1.82, 2.24) is 15.1 Å².